The SMILES string of the molecule is C[C@@H](O)[C@@H](N)[C@H]1OC(C2CC2)[C@H](O)C(O)C1O. The van der Waals surface area contributed by atoms with Crippen LogP contribution in [-0.4, -0.2) is 63.1 Å². The van der Waals surface area contributed by atoms with Crippen LogP contribution in [0.25, 0.3) is 0 Å². The Kier molecular flexibility index (Phi) is 3.72. The first kappa shape index (κ1) is 13.2. The van der Waals surface area contributed by atoms with Gasteiger partial charge in [-0.1, -0.05) is 0 Å². The van der Waals surface area contributed by atoms with Crippen molar-refractivity contribution in [1.29, 1.82) is 0 Å². The number of nitrogens with two attached hydrogens (primary N) is 1. The largest absolute Gasteiger partial charge is 0.392 e. The third-order valence-corrected chi connectivity index (χ3v) is 3.71. The zero-order valence-electron chi connectivity index (χ0n) is 9.81. The van der Waals surface area contributed by atoms with E-state index in [4.69, 9.17) is 10.5 Å². The van der Waals surface area contributed by atoms with Gasteiger partial charge in [0.05, 0.1) is 18.2 Å². The summed E-state index contributed by atoms with van der Waals surface area (Å²) in [6.45, 7) is 1.50. The first-order valence-electron chi connectivity index (χ1n) is 6.06. The number of aliphatic hydroxyl groups is 4. The summed E-state index contributed by atoms with van der Waals surface area (Å²) < 4.78 is 5.58. The van der Waals surface area contributed by atoms with Gasteiger partial charge in [0, 0.05) is 0 Å². The molecular weight excluding hydrogens is 226 g/mol. The molecule has 6 N–H and O–H groups in total. The molecule has 0 aromatic heterocycles. The summed E-state index contributed by atoms with van der Waals surface area (Å²) in [6, 6.07) is -0.784. The second-order valence-electron chi connectivity index (χ2n) is 5.19. The fourth-order valence-electron chi connectivity index (χ4n) is 2.34. The zero-order valence-corrected chi connectivity index (χ0v) is 9.81. The maximum absolute atomic E-state index is 9.82. The molecule has 0 spiro atoms. The van der Waals surface area contributed by atoms with Crippen LogP contribution in [0, 0.1) is 5.92 Å². The molecule has 1 saturated heterocycles. The molecule has 6 heteroatoms. The maximum atomic E-state index is 9.82. The molecule has 3 unspecified atom stereocenters. The molecule has 1 aliphatic carbocycles. The third kappa shape index (κ3) is 2.47. The van der Waals surface area contributed by atoms with Crippen LogP contribution in [0.1, 0.15) is 19.8 Å². The fraction of sp³-hybridized carbons (Fsp3) is 1.00. The first-order valence-corrected chi connectivity index (χ1v) is 6.06. The minimum absolute atomic E-state index is 0.218. The number of rotatable bonds is 3. The molecule has 2 rings (SSSR count). The third-order valence-electron chi connectivity index (χ3n) is 3.71. The van der Waals surface area contributed by atoms with Gasteiger partial charge in [-0.15, -0.1) is 0 Å². The van der Waals surface area contributed by atoms with Gasteiger partial charge in [0.25, 0.3) is 0 Å². The van der Waals surface area contributed by atoms with Crippen LogP contribution in [0.2, 0.25) is 0 Å². The monoisotopic (exact) mass is 247 g/mol. The van der Waals surface area contributed by atoms with Crippen LogP contribution in [0.15, 0.2) is 0 Å². The lowest BCUT2D eigenvalue weighted by atomic mass is 9.88. The zero-order chi connectivity index (χ0) is 12.7. The van der Waals surface area contributed by atoms with Crippen molar-refractivity contribution in [3.63, 3.8) is 0 Å². The normalized spacial score (nSPS) is 46.6. The highest BCUT2D eigenvalue weighted by Gasteiger charge is 2.50. The second-order valence-corrected chi connectivity index (χ2v) is 5.19. The summed E-state index contributed by atoms with van der Waals surface area (Å²) in [5, 5.41) is 38.8. The molecule has 2 fully saturated rings. The van der Waals surface area contributed by atoms with Gasteiger partial charge in [-0.2, -0.15) is 0 Å². The van der Waals surface area contributed by atoms with Crippen molar-refractivity contribution in [2.45, 2.75) is 62.4 Å². The van der Waals surface area contributed by atoms with Crippen LogP contribution in [0.4, 0.5) is 0 Å². The Morgan fingerprint density at radius 1 is 1.12 bits per heavy atom. The summed E-state index contributed by atoms with van der Waals surface area (Å²) in [6.07, 6.45) is -3.94. The van der Waals surface area contributed by atoms with E-state index in [2.05, 4.69) is 0 Å². The molecule has 0 aromatic rings. The Balaban J connectivity index is 2.10. The average molecular weight is 247 g/mol. The molecule has 0 bridgehead atoms. The van der Waals surface area contributed by atoms with Crippen LogP contribution < -0.4 is 5.73 Å². The van der Waals surface area contributed by atoms with E-state index < -0.39 is 42.7 Å². The molecule has 6 nitrogen and oxygen atoms in total. The summed E-state index contributed by atoms with van der Waals surface area (Å²) in [5.74, 6) is 0.218. The van der Waals surface area contributed by atoms with Crippen molar-refractivity contribution in [3.8, 4) is 0 Å². The minimum atomic E-state index is -1.27. The van der Waals surface area contributed by atoms with E-state index >= 15 is 0 Å². The summed E-state index contributed by atoms with van der Waals surface area (Å²) in [7, 11) is 0. The average Bonchev–Trinajstić information content (AvgIpc) is 3.09. The van der Waals surface area contributed by atoms with Crippen molar-refractivity contribution in [3.05, 3.63) is 0 Å². The Hall–Kier alpha value is -0.240. The highest BCUT2D eigenvalue weighted by molar-refractivity contribution is 5.01. The number of hydrogen-bond acceptors (Lipinski definition) is 6. The van der Waals surface area contributed by atoms with Gasteiger partial charge in [-0.05, 0) is 25.7 Å². The topological polar surface area (TPSA) is 116 Å². The van der Waals surface area contributed by atoms with Crippen molar-refractivity contribution < 1.29 is 25.2 Å². The smallest absolute Gasteiger partial charge is 0.111 e. The maximum Gasteiger partial charge on any atom is 0.111 e. The van der Waals surface area contributed by atoms with E-state index in [1.165, 1.54) is 6.92 Å². The summed E-state index contributed by atoms with van der Waals surface area (Å²) in [4.78, 5) is 0. The molecule has 0 aromatic carbocycles. The fourth-order valence-corrected chi connectivity index (χ4v) is 2.34. The summed E-state index contributed by atoms with van der Waals surface area (Å²) in [5.41, 5.74) is 5.74. The molecule has 100 valence electrons. The number of ether oxygens (including phenoxy) is 1. The Labute approximate surface area is 100 Å². The molecule has 1 aliphatic heterocycles. The minimum Gasteiger partial charge on any atom is -0.392 e. The molecular formula is C11H21NO5. The Morgan fingerprint density at radius 3 is 2.18 bits per heavy atom. The lowest BCUT2D eigenvalue weighted by Gasteiger charge is -2.43. The van der Waals surface area contributed by atoms with E-state index in [0.717, 1.165) is 12.8 Å². The highest BCUT2D eigenvalue weighted by atomic mass is 16.5. The van der Waals surface area contributed by atoms with E-state index in [9.17, 15) is 20.4 Å². The van der Waals surface area contributed by atoms with E-state index in [1.54, 1.807) is 0 Å². The lowest BCUT2D eigenvalue weighted by Crippen LogP contribution is -2.64. The van der Waals surface area contributed by atoms with Crippen molar-refractivity contribution >= 4 is 0 Å². The van der Waals surface area contributed by atoms with Gasteiger partial charge in [0.15, 0.2) is 0 Å². The van der Waals surface area contributed by atoms with Gasteiger partial charge < -0.3 is 30.9 Å². The van der Waals surface area contributed by atoms with Crippen LogP contribution >= 0.6 is 0 Å². The Morgan fingerprint density at radius 2 is 1.71 bits per heavy atom. The standard InChI is InChI=1S/C11H21NO5/c1-4(13)6(12)11-9(16)7(14)8(15)10(17-11)5-2-3-5/h4-11,13-16H,2-3,12H2,1H3/t4-,6-,7?,8-,9?,10?,11-/m1/s1. The van der Waals surface area contributed by atoms with Gasteiger partial charge in [0.2, 0.25) is 0 Å². The van der Waals surface area contributed by atoms with Crippen LogP contribution in [0.3, 0.4) is 0 Å². The lowest BCUT2D eigenvalue weighted by molar-refractivity contribution is -0.235. The van der Waals surface area contributed by atoms with E-state index in [1.807, 2.05) is 0 Å². The predicted octanol–water partition coefficient (Wildman–Crippen LogP) is -2.05. The highest BCUT2D eigenvalue weighted by Crippen LogP contribution is 2.40. The number of hydrogen-bond donors (Lipinski definition) is 5. The van der Waals surface area contributed by atoms with Crippen molar-refractivity contribution in [2.24, 2.45) is 11.7 Å². The first-order chi connectivity index (χ1) is 7.93. The quantitative estimate of drug-likeness (QED) is 0.392. The van der Waals surface area contributed by atoms with Crippen molar-refractivity contribution in [2.75, 3.05) is 0 Å². The summed E-state index contributed by atoms with van der Waals surface area (Å²) >= 11 is 0. The van der Waals surface area contributed by atoms with Gasteiger partial charge in [-0.25, -0.2) is 0 Å². The predicted molar refractivity (Wildman–Crippen MR) is 59.1 cm³/mol. The van der Waals surface area contributed by atoms with Crippen LogP contribution in [-0.2, 0) is 4.74 Å². The Bertz CT molecular complexity index is 271. The second kappa shape index (κ2) is 4.79. The van der Waals surface area contributed by atoms with Gasteiger partial charge in [0.1, 0.15) is 24.4 Å². The molecule has 0 amide bonds. The van der Waals surface area contributed by atoms with Gasteiger partial charge in [-0.3, -0.25) is 0 Å². The molecule has 2 aliphatic rings. The molecule has 0 radical (unpaired) electrons. The molecule has 17 heavy (non-hydrogen) atoms. The van der Waals surface area contributed by atoms with Gasteiger partial charge >= 0.3 is 0 Å². The van der Waals surface area contributed by atoms with E-state index in [-0.39, 0.29) is 5.92 Å². The molecule has 1 heterocycles. The van der Waals surface area contributed by atoms with E-state index in [0.29, 0.717) is 0 Å². The molecule has 1 saturated carbocycles. The van der Waals surface area contributed by atoms with Crippen molar-refractivity contribution in [1.82, 2.24) is 0 Å². The molecule has 7 atom stereocenters. The van der Waals surface area contributed by atoms with Crippen LogP contribution in [0.5, 0.6) is 0 Å². The number of aliphatic hydroxyl groups excluding tert-OH is 4.